The van der Waals surface area contributed by atoms with Gasteiger partial charge in [0.25, 0.3) is 5.91 Å². The van der Waals surface area contributed by atoms with Crippen LogP contribution in [0.2, 0.25) is 0 Å². The average Bonchev–Trinajstić information content (AvgIpc) is 3.49. The van der Waals surface area contributed by atoms with Gasteiger partial charge in [-0.05, 0) is 35.2 Å². The Labute approximate surface area is 197 Å². The van der Waals surface area contributed by atoms with Crippen LogP contribution in [0.15, 0.2) is 66.2 Å². The third kappa shape index (κ3) is 5.34. The van der Waals surface area contributed by atoms with Gasteiger partial charge in [-0.25, -0.2) is 0 Å². The number of hydrogen-bond donors (Lipinski definition) is 3. The van der Waals surface area contributed by atoms with Crippen molar-refractivity contribution in [1.82, 2.24) is 10.3 Å². The summed E-state index contributed by atoms with van der Waals surface area (Å²) in [7, 11) is 1.32. The third-order valence-corrected chi connectivity index (χ3v) is 5.98. The molecule has 1 atom stereocenters. The van der Waals surface area contributed by atoms with Crippen LogP contribution in [-0.2, 0) is 11.2 Å². The maximum Gasteiger partial charge on any atom is 0.387 e. The number of ether oxygens (including phenoxy) is 2. The number of aromatic amines is 1. The lowest BCUT2D eigenvalue weighted by atomic mass is 10.0. The van der Waals surface area contributed by atoms with Crippen LogP contribution >= 0.6 is 11.3 Å². The standard InChI is InChI=1S/C24H21F2N3O4S/c1-32-19-9-8-15(12-20(19)33-24(25)26)28-22(30)18(29-23(31)21-7-4-10-34-21)11-14-13-27-17-6-3-2-5-16(14)17/h2-10,12-13,18,24,27H,11H2,1H3,(H,28,30)(H,29,31). The molecule has 176 valence electrons. The molecule has 2 aromatic carbocycles. The van der Waals surface area contributed by atoms with Crippen molar-refractivity contribution in [2.75, 3.05) is 12.4 Å². The van der Waals surface area contributed by atoms with Crippen LogP contribution in [0.4, 0.5) is 14.5 Å². The Morgan fingerprint density at radius 3 is 2.65 bits per heavy atom. The lowest BCUT2D eigenvalue weighted by Gasteiger charge is -2.19. The quantitative estimate of drug-likeness (QED) is 0.317. The van der Waals surface area contributed by atoms with Gasteiger partial charge in [-0.2, -0.15) is 8.78 Å². The fourth-order valence-electron chi connectivity index (χ4n) is 3.54. The van der Waals surface area contributed by atoms with E-state index in [-0.39, 0.29) is 29.5 Å². The fraction of sp³-hybridized carbons (Fsp3) is 0.167. The highest BCUT2D eigenvalue weighted by Crippen LogP contribution is 2.31. The number of fused-ring (bicyclic) bond motifs is 1. The number of thiophene rings is 1. The van der Waals surface area contributed by atoms with Gasteiger partial charge in [0.15, 0.2) is 11.5 Å². The highest BCUT2D eigenvalue weighted by atomic mass is 32.1. The lowest BCUT2D eigenvalue weighted by molar-refractivity contribution is -0.118. The number of benzene rings is 2. The molecule has 0 spiro atoms. The zero-order valence-electron chi connectivity index (χ0n) is 18.0. The molecule has 10 heteroatoms. The molecule has 0 fully saturated rings. The van der Waals surface area contributed by atoms with Gasteiger partial charge in [0.2, 0.25) is 5.91 Å². The summed E-state index contributed by atoms with van der Waals surface area (Å²) in [5.74, 6) is -1.01. The molecule has 7 nitrogen and oxygen atoms in total. The number of alkyl halides is 2. The summed E-state index contributed by atoms with van der Waals surface area (Å²) in [6, 6.07) is 14.3. The summed E-state index contributed by atoms with van der Waals surface area (Å²) in [4.78, 5) is 29.6. The second-order valence-corrected chi connectivity index (χ2v) is 8.25. The first-order chi connectivity index (χ1) is 16.4. The number of H-pyrrole nitrogens is 1. The molecule has 2 amide bonds. The van der Waals surface area contributed by atoms with Crippen LogP contribution in [-0.4, -0.2) is 36.6 Å². The average molecular weight is 486 g/mol. The van der Waals surface area contributed by atoms with E-state index in [9.17, 15) is 18.4 Å². The number of anilines is 1. The van der Waals surface area contributed by atoms with Crippen LogP contribution < -0.4 is 20.1 Å². The number of amides is 2. The van der Waals surface area contributed by atoms with E-state index in [0.29, 0.717) is 4.88 Å². The van der Waals surface area contributed by atoms with Gasteiger partial charge in [-0.15, -0.1) is 11.3 Å². The van der Waals surface area contributed by atoms with Crippen LogP contribution in [0.5, 0.6) is 11.5 Å². The molecule has 0 saturated heterocycles. The van der Waals surface area contributed by atoms with Gasteiger partial charge in [-0.3, -0.25) is 9.59 Å². The number of para-hydroxylation sites is 1. The molecule has 0 aliphatic carbocycles. The molecule has 0 aliphatic rings. The second kappa shape index (κ2) is 10.3. The van der Waals surface area contributed by atoms with Crippen LogP contribution in [0, 0.1) is 0 Å². The minimum Gasteiger partial charge on any atom is -0.493 e. The smallest absolute Gasteiger partial charge is 0.387 e. The van der Waals surface area contributed by atoms with E-state index < -0.39 is 18.6 Å². The SMILES string of the molecule is COc1ccc(NC(=O)C(Cc2c[nH]c3ccccc23)NC(=O)c2cccs2)cc1OC(F)F. The van der Waals surface area contributed by atoms with Crippen LogP contribution in [0.25, 0.3) is 10.9 Å². The first-order valence-electron chi connectivity index (χ1n) is 10.3. The summed E-state index contributed by atoms with van der Waals surface area (Å²) in [6.45, 7) is -3.06. The topological polar surface area (TPSA) is 92.5 Å². The molecule has 2 aromatic heterocycles. The van der Waals surface area contributed by atoms with Gasteiger partial charge in [0.1, 0.15) is 6.04 Å². The Hall–Kier alpha value is -3.92. The first-order valence-corrected chi connectivity index (χ1v) is 11.2. The highest BCUT2D eigenvalue weighted by molar-refractivity contribution is 7.12. The van der Waals surface area contributed by atoms with Crippen molar-refractivity contribution in [3.8, 4) is 11.5 Å². The number of rotatable bonds is 9. The van der Waals surface area contributed by atoms with Crippen molar-refractivity contribution in [2.45, 2.75) is 19.1 Å². The Kier molecular flexibility index (Phi) is 7.07. The van der Waals surface area contributed by atoms with Gasteiger partial charge < -0.3 is 25.1 Å². The monoisotopic (exact) mass is 485 g/mol. The number of carbonyl (C=O) groups is 2. The van der Waals surface area contributed by atoms with Gasteiger partial charge in [0, 0.05) is 35.3 Å². The van der Waals surface area contributed by atoms with E-state index in [1.54, 1.807) is 23.7 Å². The van der Waals surface area contributed by atoms with Crippen molar-refractivity contribution in [1.29, 1.82) is 0 Å². The zero-order chi connectivity index (χ0) is 24.1. The van der Waals surface area contributed by atoms with Crippen molar-refractivity contribution >= 4 is 39.7 Å². The first kappa shape index (κ1) is 23.2. The van der Waals surface area contributed by atoms with Crippen LogP contribution in [0.1, 0.15) is 15.2 Å². The molecule has 0 radical (unpaired) electrons. The zero-order valence-corrected chi connectivity index (χ0v) is 18.8. The van der Waals surface area contributed by atoms with Gasteiger partial charge >= 0.3 is 6.61 Å². The Balaban J connectivity index is 1.59. The molecule has 4 rings (SSSR count). The maximum atomic E-state index is 13.2. The minimum atomic E-state index is -3.06. The molecule has 0 aliphatic heterocycles. The van der Waals surface area contributed by atoms with E-state index in [1.165, 1.54) is 36.6 Å². The molecule has 0 saturated carbocycles. The number of carbonyl (C=O) groups excluding carboxylic acids is 2. The van der Waals surface area contributed by atoms with Gasteiger partial charge in [0.05, 0.1) is 12.0 Å². The summed E-state index contributed by atoms with van der Waals surface area (Å²) in [5, 5.41) is 8.16. The Bertz CT molecular complexity index is 1290. The van der Waals surface area contributed by atoms with E-state index >= 15 is 0 Å². The summed E-state index contributed by atoms with van der Waals surface area (Å²) < 4.78 is 35.0. The molecule has 4 aromatic rings. The van der Waals surface area contributed by atoms with E-state index in [2.05, 4.69) is 20.4 Å². The molecule has 2 heterocycles. The molecule has 1 unspecified atom stereocenters. The summed E-state index contributed by atoms with van der Waals surface area (Å²) in [6.07, 6.45) is 2.01. The van der Waals surface area contributed by atoms with Crippen molar-refractivity contribution in [3.05, 3.63) is 76.6 Å². The Morgan fingerprint density at radius 1 is 1.09 bits per heavy atom. The van der Waals surface area contributed by atoms with Crippen molar-refractivity contribution in [3.63, 3.8) is 0 Å². The molecule has 0 bridgehead atoms. The number of hydrogen-bond acceptors (Lipinski definition) is 5. The summed E-state index contributed by atoms with van der Waals surface area (Å²) in [5.41, 5.74) is 1.97. The largest absolute Gasteiger partial charge is 0.493 e. The fourth-order valence-corrected chi connectivity index (χ4v) is 4.17. The summed E-state index contributed by atoms with van der Waals surface area (Å²) >= 11 is 1.26. The Morgan fingerprint density at radius 2 is 1.91 bits per heavy atom. The highest BCUT2D eigenvalue weighted by Gasteiger charge is 2.24. The van der Waals surface area contributed by atoms with Crippen LogP contribution in [0.3, 0.4) is 0 Å². The molecule has 34 heavy (non-hydrogen) atoms. The minimum absolute atomic E-state index is 0.0969. The van der Waals surface area contributed by atoms with E-state index in [4.69, 9.17) is 4.74 Å². The number of halogens is 2. The number of nitrogens with one attached hydrogen (secondary N) is 3. The molecular formula is C24H21F2N3O4S. The van der Waals surface area contributed by atoms with Gasteiger partial charge in [-0.1, -0.05) is 24.3 Å². The van der Waals surface area contributed by atoms with Crippen molar-refractivity contribution in [2.24, 2.45) is 0 Å². The number of methoxy groups -OCH3 is 1. The predicted molar refractivity (Wildman–Crippen MR) is 126 cm³/mol. The maximum absolute atomic E-state index is 13.2. The molecule has 3 N–H and O–H groups in total. The lowest BCUT2D eigenvalue weighted by Crippen LogP contribution is -2.45. The third-order valence-electron chi connectivity index (χ3n) is 5.11. The van der Waals surface area contributed by atoms with Crippen molar-refractivity contribution < 1.29 is 27.8 Å². The molecular weight excluding hydrogens is 464 g/mol. The van der Waals surface area contributed by atoms with E-state index in [0.717, 1.165) is 16.5 Å². The van der Waals surface area contributed by atoms with E-state index in [1.807, 2.05) is 24.3 Å². The predicted octanol–water partition coefficient (Wildman–Crippen LogP) is 4.82. The number of aromatic nitrogens is 1. The normalized spacial score (nSPS) is 11.9. The second-order valence-electron chi connectivity index (χ2n) is 7.30.